The van der Waals surface area contributed by atoms with Gasteiger partial charge in [-0.25, -0.2) is 0 Å². The van der Waals surface area contributed by atoms with Gasteiger partial charge >= 0.3 is 5.97 Å². The number of nitrogens with two attached hydrogens (primary N) is 1. The van der Waals surface area contributed by atoms with Gasteiger partial charge in [-0.1, -0.05) is 0 Å². The molecule has 0 aliphatic heterocycles. The Morgan fingerprint density at radius 3 is 2.00 bits per heavy atom. The number of rotatable bonds is 1. The first-order valence-electron chi connectivity index (χ1n) is 2.17. The van der Waals surface area contributed by atoms with Crippen molar-refractivity contribution >= 4 is 5.97 Å². The van der Waals surface area contributed by atoms with Gasteiger partial charge in [-0.3, -0.25) is 4.79 Å². The highest BCUT2D eigenvalue weighted by Gasteiger charge is 2.46. The van der Waals surface area contributed by atoms with Crippen molar-refractivity contribution in [2.45, 2.75) is 18.4 Å². The Hall–Kier alpha value is -0.280. The SMILES string of the molecule is NC1(C(=O)O)CC1.[Cl-]. The monoisotopic (exact) mass is 136 g/mol. The van der Waals surface area contributed by atoms with Gasteiger partial charge in [0.1, 0.15) is 5.54 Å². The zero-order valence-corrected chi connectivity index (χ0v) is 4.98. The van der Waals surface area contributed by atoms with Gasteiger partial charge in [0, 0.05) is 0 Å². The fourth-order valence-electron chi connectivity index (χ4n) is 0.349. The first kappa shape index (κ1) is 7.72. The lowest BCUT2D eigenvalue weighted by Gasteiger charge is -1.95. The lowest BCUT2D eigenvalue weighted by atomic mass is 10.3. The average molecular weight is 137 g/mol. The van der Waals surface area contributed by atoms with E-state index in [0.717, 1.165) is 0 Å². The topological polar surface area (TPSA) is 63.3 Å². The van der Waals surface area contributed by atoms with E-state index in [1.807, 2.05) is 0 Å². The Labute approximate surface area is 53.3 Å². The van der Waals surface area contributed by atoms with Crippen LogP contribution in [0, 0.1) is 0 Å². The van der Waals surface area contributed by atoms with Crippen LogP contribution in [-0.2, 0) is 4.79 Å². The summed E-state index contributed by atoms with van der Waals surface area (Å²) in [5.41, 5.74) is 4.36. The highest BCUT2D eigenvalue weighted by atomic mass is 35.5. The van der Waals surface area contributed by atoms with Gasteiger partial charge in [0.25, 0.3) is 0 Å². The molecule has 0 aromatic rings. The second-order valence-electron chi connectivity index (χ2n) is 1.96. The molecule has 0 bridgehead atoms. The predicted molar refractivity (Wildman–Crippen MR) is 23.8 cm³/mol. The van der Waals surface area contributed by atoms with Crippen molar-refractivity contribution in [2.24, 2.45) is 5.73 Å². The molecule has 0 amide bonds. The largest absolute Gasteiger partial charge is 1.00 e. The Morgan fingerprint density at radius 2 is 2.00 bits per heavy atom. The fraction of sp³-hybridized carbons (Fsp3) is 0.750. The maximum absolute atomic E-state index is 9.96. The Kier molecular flexibility index (Phi) is 1.85. The summed E-state index contributed by atoms with van der Waals surface area (Å²) >= 11 is 0. The summed E-state index contributed by atoms with van der Waals surface area (Å²) in [6, 6.07) is 0. The standard InChI is InChI=1S/C4H7NO2.ClH/c5-4(1-2-4)3(6)7;/h1-2,5H2,(H,6,7);1H/p-1. The molecule has 3 nitrogen and oxygen atoms in total. The first-order valence-corrected chi connectivity index (χ1v) is 2.17. The zero-order valence-electron chi connectivity index (χ0n) is 4.22. The molecule has 1 fully saturated rings. The van der Waals surface area contributed by atoms with Gasteiger partial charge < -0.3 is 23.2 Å². The minimum atomic E-state index is -0.868. The summed E-state index contributed by atoms with van der Waals surface area (Å²) < 4.78 is 0. The van der Waals surface area contributed by atoms with Crippen molar-refractivity contribution in [1.29, 1.82) is 0 Å². The zero-order chi connectivity index (χ0) is 5.49. The van der Waals surface area contributed by atoms with Gasteiger partial charge in [0.15, 0.2) is 0 Å². The third-order valence-corrected chi connectivity index (χ3v) is 1.21. The van der Waals surface area contributed by atoms with E-state index in [1.165, 1.54) is 0 Å². The molecule has 4 heteroatoms. The summed E-state index contributed by atoms with van der Waals surface area (Å²) in [7, 11) is 0. The molecule has 0 unspecified atom stereocenters. The number of halogens is 1. The summed E-state index contributed by atoms with van der Waals surface area (Å²) in [5, 5.41) is 8.19. The Bertz CT molecular complexity index is 111. The summed E-state index contributed by atoms with van der Waals surface area (Å²) in [5.74, 6) is -0.868. The highest BCUT2D eigenvalue weighted by molar-refractivity contribution is 5.81. The van der Waals surface area contributed by atoms with Crippen LogP contribution in [0.3, 0.4) is 0 Å². The molecular weight excluding hydrogens is 130 g/mol. The summed E-state index contributed by atoms with van der Waals surface area (Å²) in [4.78, 5) is 9.96. The lowest BCUT2D eigenvalue weighted by Crippen LogP contribution is -3.00. The number of hydrogen-bond donors (Lipinski definition) is 2. The van der Waals surface area contributed by atoms with E-state index in [4.69, 9.17) is 10.8 Å². The minimum absolute atomic E-state index is 0. The number of hydrogen-bond acceptors (Lipinski definition) is 2. The number of carboxylic acids is 1. The molecule has 3 N–H and O–H groups in total. The minimum Gasteiger partial charge on any atom is -1.00 e. The molecule has 0 saturated heterocycles. The molecule has 48 valence electrons. The van der Waals surface area contributed by atoms with E-state index in [1.54, 1.807) is 0 Å². The molecule has 1 aliphatic carbocycles. The van der Waals surface area contributed by atoms with Gasteiger partial charge in [0.05, 0.1) is 0 Å². The third-order valence-electron chi connectivity index (χ3n) is 1.21. The van der Waals surface area contributed by atoms with E-state index in [2.05, 4.69) is 0 Å². The van der Waals surface area contributed by atoms with Gasteiger partial charge in [-0.2, -0.15) is 0 Å². The second-order valence-corrected chi connectivity index (χ2v) is 1.96. The van der Waals surface area contributed by atoms with Crippen LogP contribution >= 0.6 is 0 Å². The molecule has 1 aliphatic rings. The van der Waals surface area contributed by atoms with Gasteiger partial charge in [0.2, 0.25) is 0 Å². The molecule has 0 atom stereocenters. The van der Waals surface area contributed by atoms with E-state index in [9.17, 15) is 4.79 Å². The van der Waals surface area contributed by atoms with Crippen LogP contribution in [0.2, 0.25) is 0 Å². The van der Waals surface area contributed by atoms with Crippen molar-refractivity contribution in [3.63, 3.8) is 0 Å². The summed E-state index contributed by atoms with van der Waals surface area (Å²) in [6.07, 6.45) is 1.28. The van der Waals surface area contributed by atoms with Gasteiger partial charge in [-0.05, 0) is 12.8 Å². The predicted octanol–water partition coefficient (Wildman–Crippen LogP) is -3.43. The molecule has 1 rings (SSSR count). The van der Waals surface area contributed by atoms with E-state index in [-0.39, 0.29) is 12.4 Å². The Balaban J connectivity index is 0.000000490. The van der Waals surface area contributed by atoms with Crippen molar-refractivity contribution in [1.82, 2.24) is 0 Å². The quantitative estimate of drug-likeness (QED) is 0.395. The number of carbonyl (C=O) groups is 1. The maximum atomic E-state index is 9.96. The highest BCUT2D eigenvalue weighted by Crippen LogP contribution is 2.31. The molecule has 8 heavy (non-hydrogen) atoms. The fourth-order valence-corrected chi connectivity index (χ4v) is 0.349. The maximum Gasteiger partial charge on any atom is 0.323 e. The van der Waals surface area contributed by atoms with Crippen molar-refractivity contribution in [2.75, 3.05) is 0 Å². The molecule has 0 spiro atoms. The number of aliphatic carboxylic acids is 1. The smallest absolute Gasteiger partial charge is 0.323 e. The van der Waals surface area contributed by atoms with Crippen molar-refractivity contribution < 1.29 is 22.3 Å². The second kappa shape index (κ2) is 1.91. The molecule has 1 saturated carbocycles. The van der Waals surface area contributed by atoms with Crippen LogP contribution in [0.5, 0.6) is 0 Å². The van der Waals surface area contributed by atoms with E-state index < -0.39 is 11.5 Å². The number of carboxylic acid groups (broad SMARTS) is 1. The summed E-state index contributed by atoms with van der Waals surface area (Å²) in [6.45, 7) is 0. The molecule has 0 aromatic carbocycles. The molecular formula is C4H7ClNO2-. The van der Waals surface area contributed by atoms with Crippen LogP contribution in [0.15, 0.2) is 0 Å². The Morgan fingerprint density at radius 1 is 1.62 bits per heavy atom. The van der Waals surface area contributed by atoms with Crippen molar-refractivity contribution in [3.8, 4) is 0 Å². The van der Waals surface area contributed by atoms with E-state index >= 15 is 0 Å². The van der Waals surface area contributed by atoms with Crippen LogP contribution in [0.25, 0.3) is 0 Å². The van der Waals surface area contributed by atoms with Crippen LogP contribution < -0.4 is 18.1 Å². The molecule has 0 radical (unpaired) electrons. The van der Waals surface area contributed by atoms with Crippen LogP contribution in [0.4, 0.5) is 0 Å². The average Bonchev–Trinajstić information content (AvgIpc) is 2.21. The van der Waals surface area contributed by atoms with Gasteiger partial charge in [-0.15, -0.1) is 0 Å². The van der Waals surface area contributed by atoms with E-state index in [0.29, 0.717) is 12.8 Å². The molecule has 0 aromatic heterocycles. The lowest BCUT2D eigenvalue weighted by molar-refractivity contribution is -0.139. The molecule has 0 heterocycles. The third kappa shape index (κ3) is 1.11. The first-order chi connectivity index (χ1) is 3.15. The van der Waals surface area contributed by atoms with Crippen LogP contribution in [-0.4, -0.2) is 16.6 Å². The normalized spacial score (nSPS) is 21.1. The van der Waals surface area contributed by atoms with Crippen molar-refractivity contribution in [3.05, 3.63) is 0 Å². The van der Waals surface area contributed by atoms with Crippen LogP contribution in [0.1, 0.15) is 12.8 Å².